The maximum Gasteiger partial charge on any atom is 1.00 e. The summed E-state index contributed by atoms with van der Waals surface area (Å²) in [5.74, 6) is -0.164. The van der Waals surface area contributed by atoms with Crippen molar-refractivity contribution in [2.75, 3.05) is 13.2 Å². The predicted molar refractivity (Wildman–Crippen MR) is 123 cm³/mol. The van der Waals surface area contributed by atoms with Gasteiger partial charge in [-0.05, 0) is 46.0 Å². The first-order valence-electron chi connectivity index (χ1n) is 11.4. The van der Waals surface area contributed by atoms with Gasteiger partial charge >= 0.3 is 29.6 Å². The summed E-state index contributed by atoms with van der Waals surface area (Å²) in [5, 5.41) is 0. The van der Waals surface area contributed by atoms with E-state index in [1.54, 1.807) is 0 Å². The van der Waals surface area contributed by atoms with Gasteiger partial charge in [-0.2, -0.15) is 0 Å². The second kappa shape index (κ2) is 32.2. The van der Waals surface area contributed by atoms with E-state index in [9.17, 15) is 4.79 Å². The van der Waals surface area contributed by atoms with Gasteiger partial charge in [-0.3, -0.25) is 9.35 Å². The number of rotatable bonds is 17. The average molecular weight is 476 g/mol. The molecule has 9 heteroatoms. The number of nitrogens with two attached hydrogens (primary N) is 1. The van der Waals surface area contributed by atoms with Crippen molar-refractivity contribution >= 4 is 16.3 Å². The Labute approximate surface area is 213 Å². The van der Waals surface area contributed by atoms with Crippen LogP contribution >= 0.6 is 0 Å². The molecule has 0 aliphatic carbocycles. The summed E-state index contributed by atoms with van der Waals surface area (Å²) in [5.41, 5.74) is 5.10. The molecule has 0 aromatic carbocycles. The van der Waals surface area contributed by atoms with Crippen LogP contribution in [0.3, 0.4) is 0 Å². The number of unbranched alkanes of at least 4 members (excludes halogenated alkanes) is 11. The van der Waals surface area contributed by atoms with Gasteiger partial charge in [0.2, 0.25) is 16.3 Å². The molecule has 0 aromatic heterocycles. The van der Waals surface area contributed by atoms with Crippen LogP contribution in [0.1, 0.15) is 111 Å². The Balaban J connectivity index is -0.000000275. The van der Waals surface area contributed by atoms with E-state index in [1.165, 1.54) is 70.6 Å². The van der Waals surface area contributed by atoms with Crippen LogP contribution in [0.25, 0.3) is 0 Å². The topological polar surface area (TPSA) is 130 Å². The summed E-state index contributed by atoms with van der Waals surface area (Å²) in [4.78, 5) is 10.5. The van der Waals surface area contributed by atoms with Gasteiger partial charge in [0, 0.05) is 19.6 Å². The first-order chi connectivity index (χ1) is 14.2. The summed E-state index contributed by atoms with van der Waals surface area (Å²) >= 11 is 0. The van der Waals surface area contributed by atoms with Crippen molar-refractivity contribution in [3.8, 4) is 0 Å². The minimum absolute atomic E-state index is 0. The molecule has 1 amide bonds. The van der Waals surface area contributed by atoms with Crippen molar-refractivity contribution in [2.24, 2.45) is 5.73 Å². The molecular formula is C22H46NNaO6S. The molecule has 0 saturated heterocycles. The van der Waals surface area contributed by atoms with E-state index in [0.29, 0.717) is 6.42 Å². The van der Waals surface area contributed by atoms with Crippen molar-refractivity contribution < 1.29 is 56.6 Å². The number of hydrogen-bond donors (Lipinski definition) is 2. The van der Waals surface area contributed by atoms with Crippen LogP contribution in [0.5, 0.6) is 0 Å². The molecule has 0 atom stereocenters. The molecule has 0 spiro atoms. The first-order valence-corrected chi connectivity index (χ1v) is 12.7. The van der Waals surface area contributed by atoms with Gasteiger partial charge in [0.05, 0.1) is 0 Å². The molecule has 0 aromatic rings. The van der Waals surface area contributed by atoms with Gasteiger partial charge in [0.15, 0.2) is 0 Å². The summed E-state index contributed by atoms with van der Waals surface area (Å²) in [6.45, 7) is 7.93. The van der Waals surface area contributed by atoms with Gasteiger partial charge in [-0.25, -0.2) is 8.42 Å². The van der Waals surface area contributed by atoms with Crippen LogP contribution in [0.2, 0.25) is 0 Å². The first kappa shape index (κ1) is 38.3. The van der Waals surface area contributed by atoms with E-state index in [4.69, 9.17) is 28.0 Å². The van der Waals surface area contributed by atoms with Crippen LogP contribution in [0, 0.1) is 0 Å². The molecule has 0 aliphatic heterocycles. The minimum Gasteiger partial charge on any atom is -0.726 e. The molecule has 3 N–H and O–H groups in total. The third-order valence-electron chi connectivity index (χ3n) is 4.09. The Morgan fingerprint density at radius 1 is 0.839 bits per heavy atom. The third kappa shape index (κ3) is 65.2. The SMILES string of the molecule is CCCCCCCC/C=C\CCCCCCCC(N)=O.CCOCC.O=S(=O)([O-])O.[Na+]. The Morgan fingerprint density at radius 3 is 1.52 bits per heavy atom. The van der Waals surface area contributed by atoms with Crippen molar-refractivity contribution in [3.05, 3.63) is 12.2 Å². The standard InChI is InChI=1S/C18H35NO.C4H10O.Na.H2O4S/c1-2-3-4-5-6-7-8-9-10-11-12-13-14-15-16-17-18(19)20;1-3-5-4-2;;1-5(2,3)4/h9-10H,2-8,11-17H2,1H3,(H2,19,20);3-4H2,1-2H3;;(H2,1,2,3,4)/q;;+1;/p-1/b10-9-;;;. The number of allylic oxidation sites excluding steroid dienone is 2. The van der Waals surface area contributed by atoms with Gasteiger partial charge in [-0.1, -0.05) is 70.4 Å². The Hall–Kier alpha value is 0.0400. The quantitative estimate of drug-likeness (QED) is 0.109. The molecule has 0 aliphatic rings. The summed E-state index contributed by atoms with van der Waals surface area (Å²) in [7, 11) is -4.92. The van der Waals surface area contributed by atoms with Crippen molar-refractivity contribution in [1.82, 2.24) is 0 Å². The summed E-state index contributed by atoms with van der Waals surface area (Å²) in [6, 6.07) is 0. The zero-order chi connectivity index (χ0) is 23.5. The van der Waals surface area contributed by atoms with Crippen LogP contribution in [0.4, 0.5) is 0 Å². The second-order valence-corrected chi connectivity index (χ2v) is 7.87. The van der Waals surface area contributed by atoms with Crippen molar-refractivity contribution in [3.63, 3.8) is 0 Å². The Morgan fingerprint density at radius 2 is 1.19 bits per heavy atom. The van der Waals surface area contributed by atoms with Gasteiger partial charge in [0.1, 0.15) is 0 Å². The second-order valence-electron chi connectivity index (χ2n) is 7.01. The minimum atomic E-state index is -4.92. The maximum absolute atomic E-state index is 10.5. The molecule has 0 saturated carbocycles. The van der Waals surface area contributed by atoms with Crippen molar-refractivity contribution in [2.45, 2.75) is 111 Å². The van der Waals surface area contributed by atoms with Crippen LogP contribution in [0.15, 0.2) is 12.2 Å². The van der Waals surface area contributed by atoms with Gasteiger partial charge < -0.3 is 15.0 Å². The zero-order valence-electron chi connectivity index (χ0n) is 20.4. The molecule has 0 fully saturated rings. The van der Waals surface area contributed by atoms with E-state index < -0.39 is 10.4 Å². The number of hydrogen-bond acceptors (Lipinski definition) is 5. The molecule has 7 nitrogen and oxygen atoms in total. The Bertz CT molecular complexity index is 463. The predicted octanol–water partition coefficient (Wildman–Crippen LogP) is 2.56. The van der Waals surface area contributed by atoms with Gasteiger partial charge in [0.25, 0.3) is 0 Å². The monoisotopic (exact) mass is 475 g/mol. The molecule has 0 rings (SSSR count). The smallest absolute Gasteiger partial charge is 0.726 e. The molecular weight excluding hydrogens is 429 g/mol. The van der Waals surface area contributed by atoms with E-state index in [2.05, 4.69) is 19.1 Å². The molecule has 0 heterocycles. The Kier molecular flexibility index (Phi) is 39.8. The largest absolute Gasteiger partial charge is 1.00 e. The normalized spacial score (nSPS) is 10.5. The number of carbonyl (C=O) groups excluding carboxylic acids is 1. The number of ether oxygens (including phenoxy) is 1. The van der Waals surface area contributed by atoms with E-state index >= 15 is 0 Å². The molecule has 31 heavy (non-hydrogen) atoms. The van der Waals surface area contributed by atoms with Gasteiger partial charge in [-0.15, -0.1) is 0 Å². The summed E-state index contributed by atoms with van der Waals surface area (Å²) in [6.07, 6.45) is 21.9. The van der Waals surface area contributed by atoms with Crippen LogP contribution < -0.4 is 35.3 Å². The number of primary amides is 1. The maximum atomic E-state index is 10.5. The fourth-order valence-corrected chi connectivity index (χ4v) is 2.57. The van der Waals surface area contributed by atoms with E-state index in [1.807, 2.05) is 13.8 Å². The number of carbonyl (C=O) groups is 1. The molecule has 0 unspecified atom stereocenters. The molecule has 182 valence electrons. The van der Waals surface area contributed by atoms with Crippen molar-refractivity contribution in [1.29, 1.82) is 0 Å². The van der Waals surface area contributed by atoms with E-state index in [0.717, 1.165) is 26.1 Å². The third-order valence-corrected chi connectivity index (χ3v) is 4.09. The number of amides is 1. The zero-order valence-corrected chi connectivity index (χ0v) is 23.3. The fraction of sp³-hybridized carbons (Fsp3) is 0.864. The summed E-state index contributed by atoms with van der Waals surface area (Å²) < 4.78 is 37.7. The van der Waals surface area contributed by atoms with Crippen LogP contribution in [-0.2, 0) is 19.9 Å². The molecule has 0 radical (unpaired) electrons. The van der Waals surface area contributed by atoms with Crippen LogP contribution in [-0.4, -0.2) is 36.6 Å². The molecule has 0 bridgehead atoms. The van der Waals surface area contributed by atoms with E-state index in [-0.39, 0.29) is 35.5 Å². The fourth-order valence-electron chi connectivity index (χ4n) is 2.57. The average Bonchev–Trinajstić information content (AvgIpc) is 2.64.